The predicted molar refractivity (Wildman–Crippen MR) is 64.4 cm³/mol. The molecule has 2 N–H and O–H groups in total. The second-order valence-corrected chi connectivity index (χ2v) is 3.06. The molecule has 0 saturated carbocycles. The number of fused-ring (bicyclic) bond motifs is 1. The van der Waals surface area contributed by atoms with Gasteiger partial charge in [-0.05, 0) is 35.4 Å². The van der Waals surface area contributed by atoms with Crippen molar-refractivity contribution in [2.24, 2.45) is 0 Å². The summed E-state index contributed by atoms with van der Waals surface area (Å²) in [5, 5.41) is 2.50. The first-order valence-corrected chi connectivity index (χ1v) is 5.02. The first-order chi connectivity index (χ1) is 6.77. The fraction of sp³-hybridized carbons (Fsp3) is 0.231. The Hall–Kier alpha value is -1.50. The summed E-state index contributed by atoms with van der Waals surface area (Å²) in [5.74, 6) is 0. The lowest BCUT2D eigenvalue weighted by molar-refractivity contribution is 1.50. The zero-order valence-electron chi connectivity index (χ0n) is 9.04. The summed E-state index contributed by atoms with van der Waals surface area (Å²) in [6, 6.07) is 12.3. The van der Waals surface area contributed by atoms with Crippen molar-refractivity contribution in [2.45, 2.75) is 20.8 Å². The van der Waals surface area contributed by atoms with Crippen LogP contribution in [0.1, 0.15) is 19.4 Å². The number of benzene rings is 2. The van der Waals surface area contributed by atoms with Crippen LogP contribution < -0.4 is 5.73 Å². The van der Waals surface area contributed by atoms with Crippen molar-refractivity contribution in [3.8, 4) is 0 Å². The molecule has 0 saturated heterocycles. The third kappa shape index (κ3) is 2.05. The lowest BCUT2D eigenvalue weighted by atomic mass is 10.1. The maximum atomic E-state index is 5.72. The highest BCUT2D eigenvalue weighted by Gasteiger charge is 1.96. The van der Waals surface area contributed by atoms with Crippen molar-refractivity contribution < 1.29 is 0 Å². The number of anilines is 1. The van der Waals surface area contributed by atoms with Crippen molar-refractivity contribution in [2.75, 3.05) is 5.73 Å². The van der Waals surface area contributed by atoms with Crippen LogP contribution in [0.15, 0.2) is 36.4 Å². The zero-order chi connectivity index (χ0) is 10.6. The number of nitrogen functional groups attached to an aromatic ring is 1. The van der Waals surface area contributed by atoms with E-state index >= 15 is 0 Å². The summed E-state index contributed by atoms with van der Waals surface area (Å²) in [6.45, 7) is 6.08. The van der Waals surface area contributed by atoms with E-state index < -0.39 is 0 Å². The van der Waals surface area contributed by atoms with Gasteiger partial charge < -0.3 is 5.73 Å². The molecule has 0 aromatic heterocycles. The fourth-order valence-corrected chi connectivity index (χ4v) is 1.53. The van der Waals surface area contributed by atoms with Gasteiger partial charge in [0.2, 0.25) is 0 Å². The van der Waals surface area contributed by atoms with Gasteiger partial charge in [0.1, 0.15) is 0 Å². The lowest BCUT2D eigenvalue weighted by Crippen LogP contribution is -1.86. The number of nitrogens with two attached hydrogens (primary N) is 1. The Kier molecular flexibility index (Phi) is 3.52. The average Bonchev–Trinajstić information content (AvgIpc) is 2.20. The van der Waals surface area contributed by atoms with Crippen LogP contribution in [-0.4, -0.2) is 0 Å². The Morgan fingerprint density at radius 1 is 1.00 bits per heavy atom. The smallest absolute Gasteiger partial charge is 0.0323 e. The normalized spacial score (nSPS) is 9.36. The van der Waals surface area contributed by atoms with E-state index in [0.29, 0.717) is 0 Å². The monoisotopic (exact) mass is 187 g/mol. The molecule has 0 aliphatic rings. The van der Waals surface area contributed by atoms with Crippen LogP contribution in [0.3, 0.4) is 0 Å². The highest BCUT2D eigenvalue weighted by molar-refractivity contribution is 5.88. The van der Waals surface area contributed by atoms with E-state index in [1.54, 1.807) is 0 Å². The molecule has 74 valence electrons. The van der Waals surface area contributed by atoms with Gasteiger partial charge in [0.25, 0.3) is 0 Å². The van der Waals surface area contributed by atoms with Crippen LogP contribution in [0.2, 0.25) is 0 Å². The van der Waals surface area contributed by atoms with E-state index in [-0.39, 0.29) is 0 Å². The summed E-state index contributed by atoms with van der Waals surface area (Å²) < 4.78 is 0. The van der Waals surface area contributed by atoms with Crippen LogP contribution in [0.4, 0.5) is 5.69 Å². The van der Waals surface area contributed by atoms with E-state index in [0.717, 1.165) is 5.69 Å². The molecule has 0 atom stereocenters. The highest BCUT2D eigenvalue weighted by atomic mass is 14.5. The highest BCUT2D eigenvalue weighted by Crippen LogP contribution is 2.20. The molecular weight excluding hydrogens is 170 g/mol. The minimum Gasteiger partial charge on any atom is -0.399 e. The van der Waals surface area contributed by atoms with Gasteiger partial charge in [-0.2, -0.15) is 0 Å². The number of hydrogen-bond donors (Lipinski definition) is 1. The molecule has 2 rings (SSSR count). The summed E-state index contributed by atoms with van der Waals surface area (Å²) in [5.41, 5.74) is 7.81. The fourth-order valence-electron chi connectivity index (χ4n) is 1.53. The van der Waals surface area contributed by atoms with Gasteiger partial charge in [-0.3, -0.25) is 0 Å². The molecule has 1 nitrogen and oxygen atoms in total. The zero-order valence-corrected chi connectivity index (χ0v) is 9.04. The summed E-state index contributed by atoms with van der Waals surface area (Å²) in [4.78, 5) is 0. The molecule has 0 spiro atoms. The molecule has 0 unspecified atom stereocenters. The Morgan fingerprint density at radius 2 is 1.64 bits per heavy atom. The van der Waals surface area contributed by atoms with E-state index in [4.69, 9.17) is 5.73 Å². The molecule has 0 radical (unpaired) electrons. The third-order valence-corrected chi connectivity index (χ3v) is 2.09. The number of aryl methyl sites for hydroxylation is 1. The molecule has 2 aromatic rings. The van der Waals surface area contributed by atoms with Crippen molar-refractivity contribution in [3.05, 3.63) is 42.0 Å². The van der Waals surface area contributed by atoms with Gasteiger partial charge in [0.15, 0.2) is 0 Å². The molecule has 2 aromatic carbocycles. The second-order valence-electron chi connectivity index (χ2n) is 3.06. The van der Waals surface area contributed by atoms with E-state index in [1.807, 2.05) is 38.1 Å². The largest absolute Gasteiger partial charge is 0.399 e. The second kappa shape index (κ2) is 4.66. The van der Waals surface area contributed by atoms with E-state index in [1.165, 1.54) is 16.3 Å². The number of hydrogen-bond acceptors (Lipinski definition) is 1. The Morgan fingerprint density at radius 3 is 2.36 bits per heavy atom. The standard InChI is InChI=1S/C11H11N.C2H6/c1-8-6-10(12)7-9-4-2-3-5-11(8)9;1-2/h2-7H,12H2,1H3;1-2H3. The maximum Gasteiger partial charge on any atom is 0.0323 e. The van der Waals surface area contributed by atoms with Gasteiger partial charge in [0.05, 0.1) is 0 Å². The van der Waals surface area contributed by atoms with Crippen LogP contribution in [0.5, 0.6) is 0 Å². The lowest BCUT2D eigenvalue weighted by Gasteiger charge is -2.02. The van der Waals surface area contributed by atoms with Crippen molar-refractivity contribution in [1.82, 2.24) is 0 Å². The van der Waals surface area contributed by atoms with Crippen LogP contribution >= 0.6 is 0 Å². The SMILES string of the molecule is CC.Cc1cc(N)cc2ccccc12. The summed E-state index contributed by atoms with van der Waals surface area (Å²) in [6.07, 6.45) is 0. The molecule has 0 fully saturated rings. The van der Waals surface area contributed by atoms with Gasteiger partial charge in [-0.25, -0.2) is 0 Å². The molecule has 0 aliphatic heterocycles. The van der Waals surface area contributed by atoms with Gasteiger partial charge >= 0.3 is 0 Å². The Bertz CT molecular complexity index is 419. The minimum absolute atomic E-state index is 0.839. The van der Waals surface area contributed by atoms with Gasteiger partial charge in [0, 0.05) is 5.69 Å². The first-order valence-electron chi connectivity index (χ1n) is 5.02. The van der Waals surface area contributed by atoms with E-state index in [9.17, 15) is 0 Å². The molecular formula is C13H17N. The molecule has 0 amide bonds. The molecule has 14 heavy (non-hydrogen) atoms. The predicted octanol–water partition coefficient (Wildman–Crippen LogP) is 3.76. The molecule has 1 heteroatoms. The maximum absolute atomic E-state index is 5.72. The van der Waals surface area contributed by atoms with Crippen LogP contribution in [0.25, 0.3) is 10.8 Å². The van der Waals surface area contributed by atoms with Crippen molar-refractivity contribution in [1.29, 1.82) is 0 Å². The summed E-state index contributed by atoms with van der Waals surface area (Å²) >= 11 is 0. The Labute approximate surface area is 85.6 Å². The molecule has 0 heterocycles. The average molecular weight is 187 g/mol. The first kappa shape index (κ1) is 10.6. The van der Waals surface area contributed by atoms with Crippen molar-refractivity contribution >= 4 is 16.5 Å². The van der Waals surface area contributed by atoms with Crippen LogP contribution in [-0.2, 0) is 0 Å². The van der Waals surface area contributed by atoms with Crippen LogP contribution in [0, 0.1) is 6.92 Å². The minimum atomic E-state index is 0.839. The van der Waals surface area contributed by atoms with E-state index in [2.05, 4.69) is 19.1 Å². The Balaban J connectivity index is 0.000000461. The molecule has 0 aliphatic carbocycles. The molecule has 0 bridgehead atoms. The van der Waals surface area contributed by atoms with Gasteiger partial charge in [-0.1, -0.05) is 38.1 Å². The number of rotatable bonds is 0. The van der Waals surface area contributed by atoms with Gasteiger partial charge in [-0.15, -0.1) is 0 Å². The quantitative estimate of drug-likeness (QED) is 0.624. The topological polar surface area (TPSA) is 26.0 Å². The van der Waals surface area contributed by atoms with Crippen molar-refractivity contribution in [3.63, 3.8) is 0 Å². The third-order valence-electron chi connectivity index (χ3n) is 2.09. The summed E-state index contributed by atoms with van der Waals surface area (Å²) in [7, 11) is 0.